The molecule has 0 aliphatic carbocycles. The van der Waals surface area contributed by atoms with Gasteiger partial charge in [0.15, 0.2) is 5.82 Å². The van der Waals surface area contributed by atoms with E-state index in [9.17, 15) is 4.79 Å². The molecule has 104 valence electrons. The van der Waals surface area contributed by atoms with Crippen LogP contribution in [0.1, 0.15) is 26.3 Å². The number of amides is 1. The molecule has 20 heavy (non-hydrogen) atoms. The van der Waals surface area contributed by atoms with Crippen molar-refractivity contribution in [3.8, 4) is 11.8 Å². The van der Waals surface area contributed by atoms with Gasteiger partial charge in [-0.25, -0.2) is 0 Å². The zero-order chi connectivity index (χ0) is 14.4. The van der Waals surface area contributed by atoms with Crippen molar-refractivity contribution in [1.82, 2.24) is 15.5 Å². The number of thiophene rings is 1. The first kappa shape index (κ1) is 14.2. The van der Waals surface area contributed by atoms with E-state index in [-0.39, 0.29) is 12.5 Å². The predicted molar refractivity (Wildman–Crippen MR) is 73.4 cm³/mol. The van der Waals surface area contributed by atoms with Crippen LogP contribution in [0.2, 0.25) is 0 Å². The highest BCUT2D eigenvalue weighted by atomic mass is 32.1. The molecule has 0 atom stereocenters. The van der Waals surface area contributed by atoms with Gasteiger partial charge in [0, 0.05) is 13.0 Å². The Hall–Kier alpha value is -2.17. The largest absolute Gasteiger partial charge is 0.384 e. The number of rotatable bonds is 4. The summed E-state index contributed by atoms with van der Waals surface area (Å²) in [5.74, 6) is 6.22. The average molecular weight is 291 g/mol. The van der Waals surface area contributed by atoms with Crippen LogP contribution >= 0.6 is 11.3 Å². The summed E-state index contributed by atoms with van der Waals surface area (Å²) in [5.41, 5.74) is 0. The molecule has 0 fully saturated rings. The van der Waals surface area contributed by atoms with Crippen molar-refractivity contribution in [2.45, 2.75) is 13.3 Å². The van der Waals surface area contributed by atoms with Crippen LogP contribution in [-0.2, 0) is 6.42 Å². The number of hydrogen-bond acceptors (Lipinski definition) is 6. The van der Waals surface area contributed by atoms with Crippen LogP contribution in [0, 0.1) is 18.8 Å². The first-order chi connectivity index (χ1) is 9.69. The number of aryl methyl sites for hydroxylation is 1. The fraction of sp³-hybridized carbons (Fsp3) is 0.308. The second-order valence-corrected chi connectivity index (χ2v) is 4.95. The Labute approximate surface area is 119 Å². The van der Waals surface area contributed by atoms with E-state index in [1.54, 1.807) is 19.1 Å². The molecule has 6 nitrogen and oxygen atoms in total. The number of carbonyl (C=O) groups is 1. The molecule has 0 saturated heterocycles. The molecule has 2 rings (SSSR count). The molecule has 0 bridgehead atoms. The fourth-order valence-electron chi connectivity index (χ4n) is 1.47. The van der Waals surface area contributed by atoms with Gasteiger partial charge >= 0.3 is 0 Å². The molecule has 1 amide bonds. The fourth-order valence-corrected chi connectivity index (χ4v) is 2.26. The van der Waals surface area contributed by atoms with Crippen LogP contribution in [0.15, 0.2) is 16.7 Å². The molecule has 0 aliphatic rings. The van der Waals surface area contributed by atoms with Crippen molar-refractivity contribution in [2.24, 2.45) is 0 Å². The molecule has 2 N–H and O–H groups in total. The third kappa shape index (κ3) is 3.91. The summed E-state index contributed by atoms with van der Waals surface area (Å²) in [7, 11) is 0. The molecular formula is C13H13N3O3S. The summed E-state index contributed by atoms with van der Waals surface area (Å²) in [5, 5.41) is 15.0. The summed E-state index contributed by atoms with van der Waals surface area (Å²) in [6.07, 6.45) is 0.495. The van der Waals surface area contributed by atoms with Crippen LogP contribution < -0.4 is 5.32 Å². The van der Waals surface area contributed by atoms with Gasteiger partial charge in [-0.2, -0.15) is 4.98 Å². The summed E-state index contributed by atoms with van der Waals surface area (Å²) < 4.78 is 4.95. The number of nitrogens with zero attached hydrogens (tertiary/aromatic N) is 2. The van der Waals surface area contributed by atoms with E-state index in [1.165, 1.54) is 11.3 Å². The standard InChI is InChI=1S/C13H13N3O3S/c1-9-15-12(19-16-9)6-7-14-13(18)11-5-4-10(20-11)3-2-8-17/h4-5,17H,6-8H2,1H3,(H,14,18). The second kappa shape index (κ2) is 6.84. The Balaban J connectivity index is 1.84. The van der Waals surface area contributed by atoms with Gasteiger partial charge in [0.05, 0.1) is 9.75 Å². The summed E-state index contributed by atoms with van der Waals surface area (Å²) >= 11 is 1.28. The minimum Gasteiger partial charge on any atom is -0.384 e. The highest BCUT2D eigenvalue weighted by Gasteiger charge is 2.09. The van der Waals surface area contributed by atoms with E-state index in [1.807, 2.05) is 0 Å². The Kier molecular flexibility index (Phi) is 4.87. The number of nitrogens with one attached hydrogen (secondary N) is 1. The number of aliphatic hydroxyl groups excluding tert-OH is 1. The van der Waals surface area contributed by atoms with Gasteiger partial charge in [0.25, 0.3) is 5.91 Å². The van der Waals surface area contributed by atoms with Crippen molar-refractivity contribution in [3.05, 3.63) is 33.6 Å². The molecule has 7 heteroatoms. The van der Waals surface area contributed by atoms with Gasteiger partial charge in [-0.3, -0.25) is 4.79 Å². The van der Waals surface area contributed by atoms with Gasteiger partial charge in [-0.05, 0) is 19.1 Å². The smallest absolute Gasteiger partial charge is 0.261 e. The third-order valence-corrected chi connectivity index (χ3v) is 3.31. The molecule has 0 radical (unpaired) electrons. The van der Waals surface area contributed by atoms with E-state index in [4.69, 9.17) is 9.63 Å². The van der Waals surface area contributed by atoms with Gasteiger partial charge < -0.3 is 14.9 Å². The van der Waals surface area contributed by atoms with Crippen LogP contribution in [0.4, 0.5) is 0 Å². The summed E-state index contributed by atoms with van der Waals surface area (Å²) in [6, 6.07) is 3.46. The lowest BCUT2D eigenvalue weighted by Crippen LogP contribution is -2.24. The topological polar surface area (TPSA) is 88.2 Å². The van der Waals surface area contributed by atoms with E-state index >= 15 is 0 Å². The number of aromatic nitrogens is 2. The summed E-state index contributed by atoms with van der Waals surface area (Å²) in [6.45, 7) is 1.98. The van der Waals surface area contributed by atoms with Crippen LogP contribution in [0.5, 0.6) is 0 Å². The Morgan fingerprint density at radius 2 is 2.40 bits per heavy atom. The lowest BCUT2D eigenvalue weighted by Gasteiger charge is -2.00. The van der Waals surface area contributed by atoms with E-state index in [0.29, 0.717) is 29.6 Å². The number of hydrogen-bond donors (Lipinski definition) is 2. The highest BCUT2D eigenvalue weighted by Crippen LogP contribution is 2.15. The summed E-state index contributed by atoms with van der Waals surface area (Å²) in [4.78, 5) is 17.2. The monoisotopic (exact) mass is 291 g/mol. The van der Waals surface area contributed by atoms with Crippen LogP contribution in [-0.4, -0.2) is 34.3 Å². The maximum Gasteiger partial charge on any atom is 0.261 e. The van der Waals surface area contributed by atoms with Gasteiger partial charge in [-0.15, -0.1) is 11.3 Å². The zero-order valence-corrected chi connectivity index (χ0v) is 11.7. The minimum absolute atomic E-state index is 0.164. The van der Waals surface area contributed by atoms with Gasteiger partial charge in [0.2, 0.25) is 5.89 Å². The van der Waals surface area contributed by atoms with E-state index in [2.05, 4.69) is 27.3 Å². The van der Waals surface area contributed by atoms with Crippen molar-refractivity contribution in [2.75, 3.05) is 13.2 Å². The Morgan fingerprint density at radius 1 is 1.55 bits per heavy atom. The van der Waals surface area contributed by atoms with Gasteiger partial charge in [0.1, 0.15) is 6.61 Å². The minimum atomic E-state index is -0.191. The quantitative estimate of drug-likeness (QED) is 0.812. The Bertz CT molecular complexity index is 651. The molecule has 0 aliphatic heterocycles. The molecule has 0 unspecified atom stereocenters. The predicted octanol–water partition coefficient (Wildman–Crippen LogP) is 0.756. The normalized spacial score (nSPS) is 9.90. The number of carbonyl (C=O) groups excluding carboxylic acids is 1. The molecule has 2 heterocycles. The first-order valence-electron chi connectivity index (χ1n) is 5.96. The molecule has 0 spiro atoms. The second-order valence-electron chi connectivity index (χ2n) is 3.87. The molecule has 2 aromatic heterocycles. The molecular weight excluding hydrogens is 278 g/mol. The van der Waals surface area contributed by atoms with Crippen LogP contribution in [0.3, 0.4) is 0 Å². The number of aliphatic hydroxyl groups is 1. The van der Waals surface area contributed by atoms with Crippen molar-refractivity contribution < 1.29 is 14.4 Å². The third-order valence-electron chi connectivity index (χ3n) is 2.31. The first-order valence-corrected chi connectivity index (χ1v) is 6.77. The molecule has 0 saturated carbocycles. The lowest BCUT2D eigenvalue weighted by molar-refractivity contribution is 0.0957. The maximum absolute atomic E-state index is 11.9. The zero-order valence-electron chi connectivity index (χ0n) is 10.8. The van der Waals surface area contributed by atoms with E-state index < -0.39 is 0 Å². The molecule has 2 aromatic rings. The van der Waals surface area contributed by atoms with Crippen molar-refractivity contribution in [3.63, 3.8) is 0 Å². The van der Waals surface area contributed by atoms with Gasteiger partial charge in [-0.1, -0.05) is 17.0 Å². The average Bonchev–Trinajstić information content (AvgIpc) is 3.05. The molecule has 0 aromatic carbocycles. The highest BCUT2D eigenvalue weighted by molar-refractivity contribution is 7.14. The van der Waals surface area contributed by atoms with E-state index in [0.717, 1.165) is 4.88 Å². The SMILES string of the molecule is Cc1noc(CCNC(=O)c2ccc(C#CCO)s2)n1. The van der Waals surface area contributed by atoms with Crippen molar-refractivity contribution in [1.29, 1.82) is 0 Å². The van der Waals surface area contributed by atoms with Crippen molar-refractivity contribution >= 4 is 17.2 Å². The van der Waals surface area contributed by atoms with Crippen LogP contribution in [0.25, 0.3) is 0 Å². The lowest BCUT2D eigenvalue weighted by atomic mass is 10.3. The maximum atomic E-state index is 11.9. The Morgan fingerprint density at radius 3 is 3.10 bits per heavy atom.